The van der Waals surface area contributed by atoms with Gasteiger partial charge in [0.05, 0.1) is 0 Å². The lowest BCUT2D eigenvalue weighted by Crippen LogP contribution is -2.12. The SMILES string of the molecule is CC(C)CCC(=O)OCc1ccc(C(=O)Nc2ccccc2)cc1. The van der Waals surface area contributed by atoms with E-state index in [2.05, 4.69) is 19.2 Å². The summed E-state index contributed by atoms with van der Waals surface area (Å²) in [7, 11) is 0. The van der Waals surface area contributed by atoms with E-state index in [1.54, 1.807) is 24.3 Å². The van der Waals surface area contributed by atoms with Crippen molar-refractivity contribution in [2.45, 2.75) is 33.3 Å². The quantitative estimate of drug-likeness (QED) is 0.767. The number of benzene rings is 2. The molecule has 0 spiro atoms. The van der Waals surface area contributed by atoms with E-state index >= 15 is 0 Å². The smallest absolute Gasteiger partial charge is 0.306 e. The van der Waals surface area contributed by atoms with Gasteiger partial charge in [0, 0.05) is 17.7 Å². The topological polar surface area (TPSA) is 55.4 Å². The van der Waals surface area contributed by atoms with Crippen LogP contribution in [0.4, 0.5) is 5.69 Å². The average molecular weight is 325 g/mol. The Balaban J connectivity index is 1.84. The monoisotopic (exact) mass is 325 g/mol. The summed E-state index contributed by atoms with van der Waals surface area (Å²) in [6.07, 6.45) is 1.27. The van der Waals surface area contributed by atoms with Crippen molar-refractivity contribution >= 4 is 17.6 Å². The molecule has 0 saturated heterocycles. The highest BCUT2D eigenvalue weighted by Gasteiger charge is 2.08. The van der Waals surface area contributed by atoms with E-state index in [1.165, 1.54) is 0 Å². The van der Waals surface area contributed by atoms with Crippen LogP contribution in [0.25, 0.3) is 0 Å². The number of carbonyl (C=O) groups is 2. The molecule has 4 heteroatoms. The predicted octanol–water partition coefficient (Wildman–Crippen LogP) is 4.42. The molecule has 1 amide bonds. The number of anilines is 1. The molecule has 0 bridgehead atoms. The van der Waals surface area contributed by atoms with E-state index in [-0.39, 0.29) is 18.5 Å². The summed E-state index contributed by atoms with van der Waals surface area (Å²) in [5.41, 5.74) is 2.18. The maximum Gasteiger partial charge on any atom is 0.306 e. The van der Waals surface area contributed by atoms with E-state index in [9.17, 15) is 9.59 Å². The molecule has 2 aromatic rings. The van der Waals surface area contributed by atoms with E-state index in [4.69, 9.17) is 4.74 Å². The molecular weight excluding hydrogens is 302 g/mol. The summed E-state index contributed by atoms with van der Waals surface area (Å²) < 4.78 is 5.23. The lowest BCUT2D eigenvalue weighted by Gasteiger charge is -2.08. The highest BCUT2D eigenvalue weighted by molar-refractivity contribution is 6.04. The van der Waals surface area contributed by atoms with Crippen molar-refractivity contribution in [3.05, 3.63) is 65.7 Å². The van der Waals surface area contributed by atoms with Crippen LogP contribution in [0.5, 0.6) is 0 Å². The summed E-state index contributed by atoms with van der Waals surface area (Å²) >= 11 is 0. The van der Waals surface area contributed by atoms with Crippen molar-refractivity contribution < 1.29 is 14.3 Å². The van der Waals surface area contributed by atoms with Gasteiger partial charge < -0.3 is 10.1 Å². The number of amides is 1. The number of esters is 1. The minimum atomic E-state index is -0.186. The van der Waals surface area contributed by atoms with E-state index < -0.39 is 0 Å². The van der Waals surface area contributed by atoms with E-state index in [1.807, 2.05) is 30.3 Å². The molecule has 2 rings (SSSR count). The van der Waals surface area contributed by atoms with Crippen molar-refractivity contribution in [3.63, 3.8) is 0 Å². The maximum atomic E-state index is 12.1. The molecule has 0 saturated carbocycles. The average Bonchev–Trinajstić information content (AvgIpc) is 2.59. The van der Waals surface area contributed by atoms with Crippen molar-refractivity contribution in [2.75, 3.05) is 5.32 Å². The van der Waals surface area contributed by atoms with Gasteiger partial charge in [-0.05, 0) is 42.2 Å². The Hall–Kier alpha value is -2.62. The van der Waals surface area contributed by atoms with Crippen LogP contribution in [0.3, 0.4) is 0 Å². The summed E-state index contributed by atoms with van der Waals surface area (Å²) in [5.74, 6) is 0.135. The van der Waals surface area contributed by atoms with Crippen LogP contribution in [0.2, 0.25) is 0 Å². The third-order valence-corrected chi connectivity index (χ3v) is 3.57. The standard InChI is InChI=1S/C20H23NO3/c1-15(2)8-13-19(22)24-14-16-9-11-17(12-10-16)20(23)21-18-6-4-3-5-7-18/h3-7,9-12,15H,8,13-14H2,1-2H3,(H,21,23). The Morgan fingerprint density at radius 1 is 1.00 bits per heavy atom. The first-order valence-electron chi connectivity index (χ1n) is 8.15. The van der Waals surface area contributed by atoms with Gasteiger partial charge in [0.1, 0.15) is 6.61 Å². The highest BCUT2D eigenvalue weighted by atomic mass is 16.5. The number of hydrogen-bond acceptors (Lipinski definition) is 3. The molecule has 0 fully saturated rings. The zero-order valence-corrected chi connectivity index (χ0v) is 14.1. The van der Waals surface area contributed by atoms with Gasteiger partial charge in [0.2, 0.25) is 0 Å². The molecule has 0 radical (unpaired) electrons. The van der Waals surface area contributed by atoms with E-state index in [0.717, 1.165) is 17.7 Å². The van der Waals surface area contributed by atoms with Crippen LogP contribution in [0.1, 0.15) is 42.6 Å². The predicted molar refractivity (Wildman–Crippen MR) is 94.7 cm³/mol. The van der Waals surface area contributed by atoms with Gasteiger partial charge in [-0.15, -0.1) is 0 Å². The Morgan fingerprint density at radius 2 is 1.67 bits per heavy atom. The van der Waals surface area contributed by atoms with Crippen molar-refractivity contribution in [2.24, 2.45) is 5.92 Å². The fourth-order valence-corrected chi connectivity index (χ4v) is 2.12. The largest absolute Gasteiger partial charge is 0.461 e. The molecule has 0 atom stereocenters. The third kappa shape index (κ3) is 5.88. The molecule has 24 heavy (non-hydrogen) atoms. The van der Waals surface area contributed by atoms with Crippen LogP contribution < -0.4 is 5.32 Å². The van der Waals surface area contributed by atoms with Crippen molar-refractivity contribution in [1.82, 2.24) is 0 Å². The molecular formula is C20H23NO3. The molecule has 0 heterocycles. The summed E-state index contributed by atoms with van der Waals surface area (Å²) in [4.78, 5) is 23.8. The Bertz CT molecular complexity index is 663. The lowest BCUT2D eigenvalue weighted by atomic mass is 10.1. The van der Waals surface area contributed by atoms with Gasteiger partial charge in [-0.3, -0.25) is 9.59 Å². The van der Waals surface area contributed by atoms with Gasteiger partial charge in [0.15, 0.2) is 0 Å². The molecule has 0 aliphatic heterocycles. The Labute approximate surface area is 142 Å². The molecule has 1 N–H and O–H groups in total. The first-order chi connectivity index (χ1) is 11.5. The number of para-hydroxylation sites is 1. The van der Waals surface area contributed by atoms with Gasteiger partial charge in [0.25, 0.3) is 5.91 Å². The highest BCUT2D eigenvalue weighted by Crippen LogP contribution is 2.11. The molecule has 0 aliphatic rings. The minimum Gasteiger partial charge on any atom is -0.461 e. The Morgan fingerprint density at radius 3 is 2.29 bits per heavy atom. The molecule has 4 nitrogen and oxygen atoms in total. The Kier molecular flexibility index (Phi) is 6.55. The van der Waals surface area contributed by atoms with Gasteiger partial charge in [-0.2, -0.15) is 0 Å². The normalized spacial score (nSPS) is 10.5. The maximum absolute atomic E-state index is 12.1. The molecule has 0 aliphatic carbocycles. The van der Waals surface area contributed by atoms with Crippen molar-refractivity contribution in [1.29, 1.82) is 0 Å². The first kappa shape index (κ1) is 17.7. The van der Waals surface area contributed by atoms with Gasteiger partial charge in [-0.1, -0.05) is 44.2 Å². The fourth-order valence-electron chi connectivity index (χ4n) is 2.12. The second-order valence-electron chi connectivity index (χ2n) is 6.11. The molecule has 0 unspecified atom stereocenters. The molecule has 2 aromatic carbocycles. The second kappa shape index (κ2) is 8.87. The number of rotatable bonds is 7. The van der Waals surface area contributed by atoms with Crippen LogP contribution in [0.15, 0.2) is 54.6 Å². The second-order valence-corrected chi connectivity index (χ2v) is 6.11. The summed E-state index contributed by atoms with van der Waals surface area (Å²) in [5, 5.41) is 2.83. The van der Waals surface area contributed by atoms with Crippen LogP contribution in [-0.4, -0.2) is 11.9 Å². The zero-order chi connectivity index (χ0) is 17.4. The molecule has 0 aromatic heterocycles. The van der Waals surface area contributed by atoms with E-state index in [0.29, 0.717) is 17.9 Å². The number of hydrogen-bond donors (Lipinski definition) is 1. The fraction of sp³-hybridized carbons (Fsp3) is 0.300. The number of ether oxygens (including phenoxy) is 1. The van der Waals surface area contributed by atoms with Crippen molar-refractivity contribution in [3.8, 4) is 0 Å². The lowest BCUT2D eigenvalue weighted by molar-refractivity contribution is -0.145. The summed E-state index contributed by atoms with van der Waals surface area (Å²) in [6.45, 7) is 4.39. The minimum absolute atomic E-state index is 0.165. The van der Waals surface area contributed by atoms with Crippen LogP contribution in [-0.2, 0) is 16.1 Å². The third-order valence-electron chi connectivity index (χ3n) is 3.57. The number of carbonyl (C=O) groups excluding carboxylic acids is 2. The number of nitrogens with one attached hydrogen (secondary N) is 1. The first-order valence-corrected chi connectivity index (χ1v) is 8.15. The van der Waals surface area contributed by atoms with Gasteiger partial charge in [-0.25, -0.2) is 0 Å². The summed E-state index contributed by atoms with van der Waals surface area (Å²) in [6, 6.07) is 16.4. The van der Waals surface area contributed by atoms with Gasteiger partial charge >= 0.3 is 5.97 Å². The zero-order valence-electron chi connectivity index (χ0n) is 14.1. The van der Waals surface area contributed by atoms with Crippen LogP contribution >= 0.6 is 0 Å². The van der Waals surface area contributed by atoms with Crippen LogP contribution in [0, 0.1) is 5.92 Å². The molecule has 126 valence electrons.